The molecule has 20 nitrogen and oxygen atoms in total. The van der Waals surface area contributed by atoms with Gasteiger partial charge in [-0.25, -0.2) is 18.2 Å². The molecular formula is C118H173F3N16O4S. The third-order valence-electron chi connectivity index (χ3n) is 26.8. The van der Waals surface area contributed by atoms with Crippen LogP contribution in [0.5, 0.6) is 11.5 Å². The standard InChI is InChI=1S/C14H19F2NO.C13H18FN.C13H19NO2.C13H19NO.C12H17N.C12H19N.C11H17N3.C11H16N2.C10H15N3.C9H14N2S/c1-12-2-4-13(5-3-12)18-11-10-17-8-6-14(15,16)7-9-17;1-11-4-6-12(7-5-11)9-15-8-2-3-13(14)10-15;1-12-2-4-13(5-3-12)16-11-8-14-6-9-15-10-7-14;1-12-2-4-13(5-3-12)6-7-14-8-10-15-11-9-14;1-10-2-4-11(5-3-10)12-6-8-13-9-7-12;1-11-6-8-12(9-7-11)5-4-10-13(2)3;1-10-3-4-11(9-12-10)14-7-5-13(2)6-8-14;1-10-3-2-4-11(9-10)13-7-5-12-6-8-13;1-9-2-3-10(12-8-9)13-6-4-11-5-7-13;1-8-2-3-9(12-8)11-6-4-10-5-7-11/h2-5H,6-11H2,1H3;4-7,13H,2-3,8-10H2,1H3;2-5H,6-11H2,1H3;2-5H,6-11H2,1H3;2-5,12-13H,6-9H2,1H3;6-9H,4-5,10H2,1-3H3;3-4,9H,5-8H2,1-2H3;2-4,9,12H,5-8H2,1H3;2-3,8,11H,4-7H2,1H3;2-3,10H,4-7H2,1H3. The Hall–Kier alpha value is -9.35. The van der Waals surface area contributed by atoms with Crippen LogP contribution in [0.3, 0.4) is 0 Å². The van der Waals surface area contributed by atoms with Crippen molar-refractivity contribution in [3.05, 3.63) is 296 Å². The molecule has 19 rings (SSSR count). The number of aryl methyl sites for hydroxylation is 11. The van der Waals surface area contributed by atoms with E-state index in [9.17, 15) is 13.2 Å². The molecule has 0 saturated carbocycles. The van der Waals surface area contributed by atoms with Gasteiger partial charge in [0.15, 0.2) is 0 Å². The summed E-state index contributed by atoms with van der Waals surface area (Å²) in [6.07, 6.45) is 11.1. The quantitative estimate of drug-likeness (QED) is 0.0510. The van der Waals surface area contributed by atoms with E-state index in [-0.39, 0.29) is 12.8 Å². The highest BCUT2D eigenvalue weighted by atomic mass is 32.1. The van der Waals surface area contributed by atoms with Gasteiger partial charge in [0, 0.05) is 212 Å². The summed E-state index contributed by atoms with van der Waals surface area (Å²) in [6.45, 7) is 57.7. The Labute approximate surface area is 856 Å². The Morgan fingerprint density at radius 3 is 1.35 bits per heavy atom. The van der Waals surface area contributed by atoms with Crippen LogP contribution in [0.15, 0.2) is 219 Å². The number of thiophene rings is 1. The van der Waals surface area contributed by atoms with Gasteiger partial charge in [-0.15, -0.1) is 11.3 Å². The zero-order valence-corrected chi connectivity index (χ0v) is 89.3. The highest BCUT2D eigenvalue weighted by Crippen LogP contribution is 2.30. The fourth-order valence-corrected chi connectivity index (χ4v) is 18.5. The third-order valence-corrected chi connectivity index (χ3v) is 27.9. The minimum absolute atomic E-state index is 0.0302. The van der Waals surface area contributed by atoms with Crippen LogP contribution in [-0.2, 0) is 28.9 Å². The average Bonchev–Trinajstić information content (AvgIpc) is 1.42. The number of alkyl halides is 3. The second kappa shape index (κ2) is 65.2. The van der Waals surface area contributed by atoms with Crippen molar-refractivity contribution in [2.75, 3.05) is 277 Å². The fourth-order valence-electron chi connectivity index (χ4n) is 17.6. The average molecular weight is 1970 g/mol. The molecule has 9 aliphatic rings. The Morgan fingerprint density at radius 1 is 0.408 bits per heavy atom. The molecule has 0 amide bonds. The highest BCUT2D eigenvalue weighted by molar-refractivity contribution is 7.16. The lowest BCUT2D eigenvalue weighted by Gasteiger charge is -2.33. The number of morpholine rings is 2. The fraction of sp³-hybridized carbons (Fsp3) is 0.525. The molecule has 12 heterocycles. The van der Waals surface area contributed by atoms with Crippen LogP contribution in [0, 0.1) is 69.2 Å². The molecule has 7 aromatic carbocycles. The number of rotatable bonds is 22. The maximum Gasteiger partial charge on any atom is 0.250 e. The molecular weight excluding hydrogens is 1790 g/mol. The van der Waals surface area contributed by atoms with Crippen molar-refractivity contribution >= 4 is 33.5 Å². The zero-order chi connectivity index (χ0) is 101. The summed E-state index contributed by atoms with van der Waals surface area (Å²) in [7, 11) is 6.41. The number of hydrogen-bond donors (Lipinski definition) is 4. The molecule has 1 atom stereocenters. The van der Waals surface area contributed by atoms with Crippen LogP contribution in [0.4, 0.5) is 35.4 Å². The van der Waals surface area contributed by atoms with Gasteiger partial charge >= 0.3 is 0 Å². The number of nitrogens with zero attached hydrogens (tertiary/aromatic N) is 12. The van der Waals surface area contributed by atoms with E-state index in [4.69, 9.17) is 18.9 Å². The van der Waals surface area contributed by atoms with Gasteiger partial charge in [-0.1, -0.05) is 173 Å². The molecule has 0 bridgehead atoms. The molecule has 3 aromatic heterocycles. The van der Waals surface area contributed by atoms with Crippen LogP contribution < -0.4 is 50.3 Å². The minimum atomic E-state index is -2.46. The summed E-state index contributed by atoms with van der Waals surface area (Å²) in [4.78, 5) is 33.4. The van der Waals surface area contributed by atoms with E-state index in [1.807, 2.05) is 78.9 Å². The molecule has 4 N–H and O–H groups in total. The van der Waals surface area contributed by atoms with Crippen molar-refractivity contribution in [3.63, 3.8) is 0 Å². The molecule has 142 heavy (non-hydrogen) atoms. The third kappa shape index (κ3) is 46.8. The normalized spacial score (nSPS) is 18.0. The first-order valence-corrected chi connectivity index (χ1v) is 53.5. The summed E-state index contributed by atoms with van der Waals surface area (Å²) in [5, 5.41) is 14.9. The summed E-state index contributed by atoms with van der Waals surface area (Å²) in [6, 6.07) is 72.8. The number of benzene rings is 7. The number of anilines is 4. The van der Waals surface area contributed by atoms with Crippen LogP contribution >= 0.6 is 11.3 Å². The van der Waals surface area contributed by atoms with Crippen molar-refractivity contribution in [2.45, 2.75) is 152 Å². The number of ether oxygens (including phenoxy) is 4. The molecule has 9 fully saturated rings. The van der Waals surface area contributed by atoms with Crippen molar-refractivity contribution in [2.24, 2.45) is 0 Å². The Morgan fingerprint density at radius 2 is 0.873 bits per heavy atom. The maximum absolute atomic E-state index is 13.2. The molecule has 0 aliphatic carbocycles. The van der Waals surface area contributed by atoms with Gasteiger partial charge in [0.2, 0.25) is 0 Å². The monoisotopic (exact) mass is 1970 g/mol. The lowest BCUT2D eigenvalue weighted by molar-refractivity contribution is -0.0564. The first kappa shape index (κ1) is 115. The van der Waals surface area contributed by atoms with E-state index in [1.165, 1.54) is 133 Å². The molecule has 9 aliphatic heterocycles. The van der Waals surface area contributed by atoms with E-state index < -0.39 is 12.1 Å². The SMILES string of the molecule is Cc1ccc(C2CCNCC2)cc1.Cc1ccc(CCCN(C)C)cc1.Cc1ccc(CCN2CCOCC2)cc1.Cc1ccc(CN2CCCC(F)C2)cc1.Cc1ccc(N2CCN(C)CC2)cn1.Cc1ccc(N2CCNCC2)nc1.Cc1ccc(N2CCNCC2)s1.Cc1ccc(OCCN2CCC(F)(F)CC2)cc1.Cc1ccc(OCCN2CCOCC2)cc1.Cc1cccc(N2CCNCC2)c1. The molecule has 10 aromatic rings. The van der Waals surface area contributed by atoms with E-state index in [1.54, 1.807) is 0 Å². The first-order valence-electron chi connectivity index (χ1n) is 52.7. The number of hydrogen-bond acceptors (Lipinski definition) is 21. The van der Waals surface area contributed by atoms with Crippen molar-refractivity contribution in [3.8, 4) is 11.5 Å². The van der Waals surface area contributed by atoms with Crippen LogP contribution in [0.1, 0.15) is 128 Å². The Bertz CT molecular complexity index is 4860. The van der Waals surface area contributed by atoms with Crippen molar-refractivity contribution < 1.29 is 32.1 Å². The van der Waals surface area contributed by atoms with Crippen molar-refractivity contribution in [1.29, 1.82) is 0 Å². The summed E-state index contributed by atoms with van der Waals surface area (Å²) in [5.41, 5.74) is 19.7. The lowest BCUT2D eigenvalue weighted by atomic mass is 9.90. The molecule has 0 radical (unpaired) electrons. The summed E-state index contributed by atoms with van der Waals surface area (Å²) >= 11 is 1.89. The van der Waals surface area contributed by atoms with Crippen LogP contribution in [-0.4, -0.2) is 309 Å². The predicted molar refractivity (Wildman–Crippen MR) is 591 cm³/mol. The zero-order valence-electron chi connectivity index (χ0n) is 88.5. The number of halogens is 3. The summed E-state index contributed by atoms with van der Waals surface area (Å²) < 4.78 is 60.9. The topological polar surface area (TPSA) is 143 Å². The molecule has 776 valence electrons. The van der Waals surface area contributed by atoms with Crippen molar-refractivity contribution in [1.82, 2.24) is 60.6 Å². The van der Waals surface area contributed by atoms with Gasteiger partial charge in [-0.3, -0.25) is 24.6 Å². The van der Waals surface area contributed by atoms with E-state index in [0.717, 1.165) is 238 Å². The number of pyridine rings is 2. The van der Waals surface area contributed by atoms with Gasteiger partial charge in [-0.2, -0.15) is 0 Å². The number of likely N-dealkylation sites (tertiary alicyclic amines) is 2. The van der Waals surface area contributed by atoms with Gasteiger partial charge in [-0.05, 0) is 268 Å². The highest BCUT2D eigenvalue weighted by Gasteiger charge is 2.34. The second-order valence-corrected chi connectivity index (χ2v) is 40.8. The lowest BCUT2D eigenvalue weighted by Crippen LogP contribution is -2.44. The number of likely N-dealkylation sites (N-methyl/N-ethyl adjacent to an activating group) is 1. The Kier molecular flexibility index (Phi) is 52.6. The van der Waals surface area contributed by atoms with Crippen LogP contribution in [0.2, 0.25) is 0 Å². The van der Waals surface area contributed by atoms with Gasteiger partial charge in [0.1, 0.15) is 36.7 Å². The first-order chi connectivity index (χ1) is 68.9. The molecule has 9 saturated heterocycles. The second-order valence-electron chi connectivity index (χ2n) is 39.5. The number of aromatic nitrogens is 2. The van der Waals surface area contributed by atoms with Gasteiger partial charge < -0.3 is 69.6 Å². The number of nitrogens with one attached hydrogen (secondary N) is 4. The van der Waals surface area contributed by atoms with E-state index >= 15 is 0 Å². The maximum atomic E-state index is 13.2. The van der Waals surface area contributed by atoms with Crippen LogP contribution in [0.25, 0.3) is 0 Å². The van der Waals surface area contributed by atoms with Gasteiger partial charge in [0.25, 0.3) is 5.92 Å². The molecule has 24 heteroatoms. The molecule has 1 unspecified atom stereocenters. The Balaban J connectivity index is 0.000000162. The van der Waals surface area contributed by atoms with Gasteiger partial charge in [0.05, 0.1) is 43.3 Å². The minimum Gasteiger partial charge on any atom is -0.492 e. The largest absolute Gasteiger partial charge is 0.492 e. The summed E-state index contributed by atoms with van der Waals surface area (Å²) in [5.74, 6) is 1.23. The van der Waals surface area contributed by atoms with E-state index in [2.05, 4.69) is 322 Å². The number of piperidine rings is 3. The number of piperazine rings is 4. The predicted octanol–water partition coefficient (Wildman–Crippen LogP) is 19.4. The van der Waals surface area contributed by atoms with E-state index in [0.29, 0.717) is 32.8 Å². The smallest absolute Gasteiger partial charge is 0.250 e. The molecule has 0 spiro atoms.